The molecular formula is C37H76N4O3. The van der Waals surface area contributed by atoms with Crippen molar-refractivity contribution in [2.45, 2.75) is 212 Å². The predicted molar refractivity (Wildman–Crippen MR) is 186 cm³/mol. The van der Waals surface area contributed by atoms with Crippen LogP contribution in [0, 0.1) is 0 Å². The maximum Gasteiger partial charge on any atom is 0.0789 e. The molecule has 0 spiro atoms. The highest BCUT2D eigenvalue weighted by Crippen LogP contribution is 2.45. The molecule has 0 aromatic rings. The number of hydroxylamine groups is 4. The zero-order valence-corrected chi connectivity index (χ0v) is 31.1. The van der Waals surface area contributed by atoms with E-state index in [1.54, 1.807) is 0 Å². The average Bonchev–Trinajstić information content (AvgIpc) is 2.91. The molecule has 44 heavy (non-hydrogen) atoms. The Kier molecular flexibility index (Phi) is 16.6. The molecule has 262 valence electrons. The Balaban J connectivity index is 2.12. The highest BCUT2D eigenvalue weighted by Gasteiger charge is 2.52. The van der Waals surface area contributed by atoms with Gasteiger partial charge in [0.2, 0.25) is 0 Å². The van der Waals surface area contributed by atoms with Crippen molar-refractivity contribution in [3.63, 3.8) is 0 Å². The lowest BCUT2D eigenvalue weighted by atomic mass is 9.74. The third kappa shape index (κ3) is 12.1. The SMILES string of the molecule is CCCCCCCCON1C(C)(C)CC(N(CC(O)CN)C2CC(C)(C)N(OCCCCCCCC)C(C)(C)C2)CC1(C)C. The second kappa shape index (κ2) is 18.3. The van der Waals surface area contributed by atoms with Crippen LogP contribution in [-0.2, 0) is 9.68 Å². The minimum Gasteiger partial charge on any atom is -0.390 e. The van der Waals surface area contributed by atoms with Gasteiger partial charge in [-0.3, -0.25) is 14.6 Å². The molecule has 0 amide bonds. The summed E-state index contributed by atoms with van der Waals surface area (Å²) in [5, 5.41) is 15.5. The summed E-state index contributed by atoms with van der Waals surface area (Å²) in [6, 6.07) is 0.671. The lowest BCUT2D eigenvalue weighted by Crippen LogP contribution is -2.68. The Bertz CT molecular complexity index is 693. The van der Waals surface area contributed by atoms with Crippen molar-refractivity contribution >= 4 is 0 Å². The Morgan fingerprint density at radius 3 is 1.25 bits per heavy atom. The normalized spacial score (nSPS) is 23.4. The van der Waals surface area contributed by atoms with Crippen molar-refractivity contribution in [3.8, 4) is 0 Å². The second-order valence-corrected chi connectivity index (χ2v) is 16.8. The van der Waals surface area contributed by atoms with E-state index in [2.05, 4.69) is 84.3 Å². The number of piperidine rings is 2. The third-order valence-electron chi connectivity index (χ3n) is 10.2. The molecule has 2 heterocycles. The number of hydrogen-bond acceptors (Lipinski definition) is 7. The minimum atomic E-state index is -0.531. The number of aliphatic hydroxyl groups excluding tert-OH is 1. The van der Waals surface area contributed by atoms with Crippen LogP contribution in [0.2, 0.25) is 0 Å². The Morgan fingerprint density at radius 1 is 0.614 bits per heavy atom. The van der Waals surface area contributed by atoms with Gasteiger partial charge in [0.05, 0.1) is 19.3 Å². The van der Waals surface area contributed by atoms with Gasteiger partial charge in [-0.15, -0.1) is 0 Å². The molecule has 2 saturated heterocycles. The number of aliphatic hydroxyl groups is 1. The van der Waals surface area contributed by atoms with Crippen molar-refractivity contribution < 1.29 is 14.8 Å². The van der Waals surface area contributed by atoms with Crippen LogP contribution in [0.15, 0.2) is 0 Å². The number of unbranched alkanes of at least 4 members (excludes halogenated alkanes) is 10. The van der Waals surface area contributed by atoms with Gasteiger partial charge in [0, 0.05) is 47.3 Å². The Labute approximate surface area is 273 Å². The molecule has 1 unspecified atom stereocenters. The first kappa shape index (κ1) is 39.9. The first-order valence-corrected chi connectivity index (χ1v) is 18.6. The van der Waals surface area contributed by atoms with E-state index in [-0.39, 0.29) is 28.7 Å². The molecular weight excluding hydrogens is 548 g/mol. The Hall–Kier alpha value is -0.280. The van der Waals surface area contributed by atoms with Crippen molar-refractivity contribution in [3.05, 3.63) is 0 Å². The summed E-state index contributed by atoms with van der Waals surface area (Å²) in [5.74, 6) is 0. The first-order chi connectivity index (χ1) is 20.6. The van der Waals surface area contributed by atoms with Gasteiger partial charge in [-0.1, -0.05) is 78.1 Å². The molecule has 0 aromatic heterocycles. The van der Waals surface area contributed by atoms with Crippen molar-refractivity contribution in [1.29, 1.82) is 0 Å². The molecule has 0 bridgehead atoms. The fraction of sp³-hybridized carbons (Fsp3) is 1.00. The maximum atomic E-state index is 10.9. The van der Waals surface area contributed by atoms with Crippen LogP contribution >= 0.6 is 0 Å². The van der Waals surface area contributed by atoms with Crippen molar-refractivity contribution in [2.75, 3.05) is 26.3 Å². The van der Waals surface area contributed by atoms with Gasteiger partial charge in [-0.05, 0) is 93.9 Å². The van der Waals surface area contributed by atoms with E-state index in [1.807, 2.05) is 0 Å². The van der Waals surface area contributed by atoms with Crippen LogP contribution in [0.1, 0.15) is 172 Å². The molecule has 0 radical (unpaired) electrons. The molecule has 1 atom stereocenters. The summed E-state index contributed by atoms with van der Waals surface area (Å²) < 4.78 is 0. The van der Waals surface area contributed by atoms with E-state index in [4.69, 9.17) is 15.4 Å². The summed E-state index contributed by atoms with van der Waals surface area (Å²) in [7, 11) is 0. The van der Waals surface area contributed by atoms with Gasteiger partial charge in [-0.2, -0.15) is 10.1 Å². The van der Waals surface area contributed by atoms with E-state index in [9.17, 15) is 5.11 Å². The predicted octanol–water partition coefficient (Wildman–Crippen LogP) is 8.24. The molecule has 7 heteroatoms. The molecule has 7 nitrogen and oxygen atoms in total. The van der Waals surface area contributed by atoms with Crippen LogP contribution in [0.4, 0.5) is 0 Å². The van der Waals surface area contributed by atoms with Gasteiger partial charge < -0.3 is 10.8 Å². The molecule has 2 aliphatic heterocycles. The van der Waals surface area contributed by atoms with Gasteiger partial charge in [0.25, 0.3) is 0 Å². The zero-order chi connectivity index (χ0) is 33.0. The fourth-order valence-corrected chi connectivity index (χ4v) is 8.58. The topological polar surface area (TPSA) is 74.4 Å². The standard InChI is InChI=1S/C37H76N4O3/c1-11-13-15-17-19-21-23-43-40-34(3,4)25-31(26-35(40,5)6)39(30-33(42)29-38)32-27-36(7,8)41(37(9,10)28-32)44-24-22-20-18-16-14-12-2/h31-33,42H,11-30,38H2,1-10H3. The lowest BCUT2D eigenvalue weighted by Gasteiger charge is -2.60. The van der Waals surface area contributed by atoms with Gasteiger partial charge in [0.15, 0.2) is 0 Å². The summed E-state index contributed by atoms with van der Waals surface area (Å²) in [4.78, 5) is 15.8. The third-order valence-corrected chi connectivity index (χ3v) is 10.2. The monoisotopic (exact) mass is 625 g/mol. The largest absolute Gasteiger partial charge is 0.390 e. The smallest absolute Gasteiger partial charge is 0.0789 e. The van der Waals surface area contributed by atoms with Crippen molar-refractivity contribution in [2.24, 2.45) is 5.73 Å². The van der Waals surface area contributed by atoms with Crippen LogP contribution in [0.3, 0.4) is 0 Å². The van der Waals surface area contributed by atoms with Crippen LogP contribution in [-0.4, -0.2) is 86.8 Å². The Morgan fingerprint density at radius 2 is 0.932 bits per heavy atom. The fourth-order valence-electron chi connectivity index (χ4n) is 8.58. The average molecular weight is 625 g/mol. The van der Waals surface area contributed by atoms with E-state index < -0.39 is 6.10 Å². The first-order valence-electron chi connectivity index (χ1n) is 18.6. The van der Waals surface area contributed by atoms with E-state index in [1.165, 1.54) is 64.2 Å². The number of nitrogens with zero attached hydrogens (tertiary/aromatic N) is 3. The minimum absolute atomic E-state index is 0.119. The summed E-state index contributed by atoms with van der Waals surface area (Å²) in [5.41, 5.74) is 5.54. The van der Waals surface area contributed by atoms with Gasteiger partial charge >= 0.3 is 0 Å². The molecule has 2 fully saturated rings. The van der Waals surface area contributed by atoms with Crippen LogP contribution in [0.5, 0.6) is 0 Å². The van der Waals surface area contributed by atoms with Gasteiger partial charge in [0.1, 0.15) is 0 Å². The highest BCUT2D eigenvalue weighted by molar-refractivity contribution is 5.05. The van der Waals surface area contributed by atoms with E-state index >= 15 is 0 Å². The molecule has 0 saturated carbocycles. The van der Waals surface area contributed by atoms with Gasteiger partial charge in [-0.25, -0.2) is 0 Å². The number of nitrogens with two attached hydrogens (primary N) is 1. The molecule has 0 aromatic carbocycles. The summed E-state index contributed by atoms with van der Waals surface area (Å²) >= 11 is 0. The molecule has 3 N–H and O–H groups in total. The van der Waals surface area contributed by atoms with Crippen molar-refractivity contribution in [1.82, 2.24) is 15.0 Å². The highest BCUT2D eigenvalue weighted by atomic mass is 16.7. The second-order valence-electron chi connectivity index (χ2n) is 16.8. The van der Waals surface area contributed by atoms with Crippen LogP contribution < -0.4 is 5.73 Å². The van der Waals surface area contributed by atoms with E-state index in [0.717, 1.165) is 51.7 Å². The molecule has 2 rings (SSSR count). The summed E-state index contributed by atoms with van der Waals surface area (Å²) in [6.45, 7) is 25.7. The van der Waals surface area contributed by atoms with E-state index in [0.29, 0.717) is 18.6 Å². The zero-order valence-electron chi connectivity index (χ0n) is 31.1. The molecule has 2 aliphatic rings. The molecule has 0 aliphatic carbocycles. The van der Waals surface area contributed by atoms with Crippen LogP contribution in [0.25, 0.3) is 0 Å². The quantitative estimate of drug-likeness (QED) is 0.125. The number of hydrogen-bond donors (Lipinski definition) is 2. The lowest BCUT2D eigenvalue weighted by molar-refractivity contribution is -0.300. The number of rotatable bonds is 21. The maximum absolute atomic E-state index is 10.9. The summed E-state index contributed by atoms with van der Waals surface area (Å²) in [6.07, 6.45) is 18.7.